The summed E-state index contributed by atoms with van der Waals surface area (Å²) in [5.74, 6) is 1.23. The number of nitrogens with one attached hydrogen (secondary N) is 2. The van der Waals surface area contributed by atoms with Crippen molar-refractivity contribution < 1.29 is 4.74 Å². The standard InChI is InChI=1S/C18H22N2OS/c1-4-21-17-12-8-7-11-16(17)20-18(22)19-15-10-6-5-9-14(15)13(2)3/h5-13H,4H2,1-3H3,(H2,19,20,22). The fourth-order valence-corrected chi connectivity index (χ4v) is 2.46. The smallest absolute Gasteiger partial charge is 0.175 e. The molecule has 0 aliphatic rings. The van der Waals surface area contributed by atoms with Gasteiger partial charge in [0.1, 0.15) is 5.75 Å². The zero-order valence-corrected chi connectivity index (χ0v) is 14.0. The van der Waals surface area contributed by atoms with E-state index in [0.29, 0.717) is 17.6 Å². The number of benzene rings is 2. The van der Waals surface area contributed by atoms with E-state index in [4.69, 9.17) is 17.0 Å². The first-order chi connectivity index (χ1) is 10.6. The summed E-state index contributed by atoms with van der Waals surface area (Å²) in [4.78, 5) is 0. The van der Waals surface area contributed by atoms with Crippen LogP contribution in [0.5, 0.6) is 5.75 Å². The lowest BCUT2D eigenvalue weighted by Crippen LogP contribution is -2.20. The molecule has 4 heteroatoms. The molecule has 0 unspecified atom stereocenters. The van der Waals surface area contributed by atoms with E-state index >= 15 is 0 Å². The Morgan fingerprint density at radius 1 is 1.00 bits per heavy atom. The molecule has 2 rings (SSSR count). The van der Waals surface area contributed by atoms with Crippen molar-refractivity contribution in [2.75, 3.05) is 17.2 Å². The summed E-state index contributed by atoms with van der Waals surface area (Å²) in [6, 6.07) is 16.0. The van der Waals surface area contributed by atoms with Crippen LogP contribution in [-0.4, -0.2) is 11.7 Å². The predicted octanol–water partition coefficient (Wildman–Crippen LogP) is 5.02. The van der Waals surface area contributed by atoms with Crippen LogP contribution >= 0.6 is 12.2 Å². The summed E-state index contributed by atoms with van der Waals surface area (Å²) in [7, 11) is 0. The van der Waals surface area contributed by atoms with Gasteiger partial charge in [-0.2, -0.15) is 0 Å². The van der Waals surface area contributed by atoms with E-state index in [-0.39, 0.29) is 0 Å². The number of anilines is 2. The Morgan fingerprint density at radius 3 is 2.27 bits per heavy atom. The SMILES string of the molecule is CCOc1ccccc1NC(=S)Nc1ccccc1C(C)C. The molecular weight excluding hydrogens is 292 g/mol. The summed E-state index contributed by atoms with van der Waals surface area (Å²) >= 11 is 5.43. The van der Waals surface area contributed by atoms with Gasteiger partial charge in [-0.15, -0.1) is 0 Å². The first kappa shape index (κ1) is 16.3. The van der Waals surface area contributed by atoms with Gasteiger partial charge in [0.15, 0.2) is 5.11 Å². The molecule has 0 radical (unpaired) electrons. The van der Waals surface area contributed by atoms with Gasteiger partial charge in [0.25, 0.3) is 0 Å². The Balaban J connectivity index is 2.11. The second kappa shape index (κ2) is 7.80. The highest BCUT2D eigenvalue weighted by Gasteiger charge is 2.09. The van der Waals surface area contributed by atoms with E-state index < -0.39 is 0 Å². The molecule has 2 aromatic rings. The van der Waals surface area contributed by atoms with Crippen LogP contribution in [0.3, 0.4) is 0 Å². The molecule has 0 aliphatic carbocycles. The van der Waals surface area contributed by atoms with E-state index in [0.717, 1.165) is 17.1 Å². The minimum Gasteiger partial charge on any atom is -0.492 e. The fraction of sp³-hybridized carbons (Fsp3) is 0.278. The molecule has 2 aromatic carbocycles. The molecule has 22 heavy (non-hydrogen) atoms. The molecule has 0 bridgehead atoms. The first-order valence-corrected chi connectivity index (χ1v) is 7.91. The summed E-state index contributed by atoms with van der Waals surface area (Å²) in [5.41, 5.74) is 3.14. The van der Waals surface area contributed by atoms with Crippen molar-refractivity contribution in [1.29, 1.82) is 0 Å². The van der Waals surface area contributed by atoms with Crippen molar-refractivity contribution in [3.8, 4) is 5.75 Å². The van der Waals surface area contributed by atoms with Crippen LogP contribution < -0.4 is 15.4 Å². The maximum Gasteiger partial charge on any atom is 0.175 e. The fourth-order valence-electron chi connectivity index (χ4n) is 2.24. The number of ether oxygens (including phenoxy) is 1. The monoisotopic (exact) mass is 314 g/mol. The van der Waals surface area contributed by atoms with Gasteiger partial charge in [0, 0.05) is 5.69 Å². The molecule has 0 spiro atoms. The number of hydrogen-bond acceptors (Lipinski definition) is 2. The van der Waals surface area contributed by atoms with Crippen molar-refractivity contribution in [2.45, 2.75) is 26.7 Å². The average molecular weight is 314 g/mol. The second-order valence-electron chi connectivity index (χ2n) is 5.25. The maximum absolute atomic E-state index is 5.60. The van der Waals surface area contributed by atoms with Crippen LogP contribution in [-0.2, 0) is 0 Å². The van der Waals surface area contributed by atoms with Crippen LogP contribution in [0.1, 0.15) is 32.3 Å². The molecule has 0 saturated heterocycles. The molecule has 3 nitrogen and oxygen atoms in total. The maximum atomic E-state index is 5.60. The van der Waals surface area contributed by atoms with Crippen LogP contribution in [0.15, 0.2) is 48.5 Å². The Morgan fingerprint density at radius 2 is 1.59 bits per heavy atom. The average Bonchev–Trinajstić information content (AvgIpc) is 2.50. The molecule has 0 fully saturated rings. The lowest BCUT2D eigenvalue weighted by Gasteiger charge is -2.17. The van der Waals surface area contributed by atoms with E-state index in [1.165, 1.54) is 5.56 Å². The van der Waals surface area contributed by atoms with Crippen LogP contribution in [0, 0.1) is 0 Å². The van der Waals surface area contributed by atoms with Crippen LogP contribution in [0.25, 0.3) is 0 Å². The lowest BCUT2D eigenvalue weighted by atomic mass is 10.0. The van der Waals surface area contributed by atoms with E-state index in [2.05, 4.69) is 30.5 Å². The summed E-state index contributed by atoms with van der Waals surface area (Å²) < 4.78 is 5.60. The topological polar surface area (TPSA) is 33.3 Å². The van der Waals surface area contributed by atoms with Gasteiger partial charge in [-0.1, -0.05) is 44.2 Å². The minimum atomic E-state index is 0.433. The highest BCUT2D eigenvalue weighted by atomic mass is 32.1. The summed E-state index contributed by atoms with van der Waals surface area (Å²) in [5, 5.41) is 7.04. The van der Waals surface area contributed by atoms with Gasteiger partial charge in [0.2, 0.25) is 0 Å². The molecule has 0 aliphatic heterocycles. The minimum absolute atomic E-state index is 0.433. The Kier molecular flexibility index (Phi) is 5.78. The van der Waals surface area contributed by atoms with Gasteiger partial charge in [0.05, 0.1) is 12.3 Å². The lowest BCUT2D eigenvalue weighted by molar-refractivity contribution is 0.342. The molecular formula is C18H22N2OS. The van der Waals surface area contributed by atoms with Crippen molar-refractivity contribution in [3.63, 3.8) is 0 Å². The third-order valence-electron chi connectivity index (χ3n) is 3.27. The number of rotatable bonds is 5. The van der Waals surface area contributed by atoms with Gasteiger partial charge in [-0.3, -0.25) is 0 Å². The van der Waals surface area contributed by atoms with Crippen molar-refractivity contribution >= 4 is 28.7 Å². The van der Waals surface area contributed by atoms with E-state index in [1.54, 1.807) is 0 Å². The Labute approximate surface area is 137 Å². The first-order valence-electron chi connectivity index (χ1n) is 7.50. The number of hydrogen-bond donors (Lipinski definition) is 2. The number of thiocarbonyl (C=S) groups is 1. The van der Waals surface area contributed by atoms with Crippen molar-refractivity contribution in [1.82, 2.24) is 0 Å². The Hall–Kier alpha value is -2.07. The second-order valence-corrected chi connectivity index (χ2v) is 5.66. The molecule has 0 amide bonds. The molecule has 0 aromatic heterocycles. The third kappa shape index (κ3) is 4.21. The highest BCUT2D eigenvalue weighted by Crippen LogP contribution is 2.26. The normalized spacial score (nSPS) is 10.4. The quantitative estimate of drug-likeness (QED) is 0.759. The van der Waals surface area contributed by atoms with Crippen LogP contribution in [0.2, 0.25) is 0 Å². The van der Waals surface area contributed by atoms with Gasteiger partial charge in [-0.25, -0.2) is 0 Å². The molecule has 0 atom stereocenters. The number of para-hydroxylation sites is 3. The van der Waals surface area contributed by atoms with Gasteiger partial charge in [-0.05, 0) is 48.8 Å². The van der Waals surface area contributed by atoms with Gasteiger partial charge < -0.3 is 15.4 Å². The third-order valence-corrected chi connectivity index (χ3v) is 3.47. The predicted molar refractivity (Wildman–Crippen MR) is 98.0 cm³/mol. The Bertz CT molecular complexity index is 640. The summed E-state index contributed by atoms with van der Waals surface area (Å²) in [6.07, 6.45) is 0. The molecule has 0 heterocycles. The zero-order chi connectivity index (χ0) is 15.9. The molecule has 2 N–H and O–H groups in total. The van der Waals surface area contributed by atoms with Crippen molar-refractivity contribution in [3.05, 3.63) is 54.1 Å². The summed E-state index contributed by atoms with van der Waals surface area (Å²) in [6.45, 7) is 6.92. The zero-order valence-electron chi connectivity index (χ0n) is 13.2. The van der Waals surface area contributed by atoms with Crippen LogP contribution in [0.4, 0.5) is 11.4 Å². The van der Waals surface area contributed by atoms with E-state index in [9.17, 15) is 0 Å². The molecule has 116 valence electrons. The highest BCUT2D eigenvalue weighted by molar-refractivity contribution is 7.80. The van der Waals surface area contributed by atoms with Gasteiger partial charge >= 0.3 is 0 Å². The van der Waals surface area contributed by atoms with E-state index in [1.807, 2.05) is 49.4 Å². The largest absolute Gasteiger partial charge is 0.492 e. The molecule has 0 saturated carbocycles. The van der Waals surface area contributed by atoms with Crippen molar-refractivity contribution in [2.24, 2.45) is 0 Å².